The summed E-state index contributed by atoms with van der Waals surface area (Å²) < 4.78 is 10.7. The summed E-state index contributed by atoms with van der Waals surface area (Å²) in [7, 11) is 1.44. The fraction of sp³-hybridized carbons (Fsp3) is 0.409. The van der Waals surface area contributed by atoms with Crippen molar-refractivity contribution in [1.29, 1.82) is 0 Å². The van der Waals surface area contributed by atoms with Crippen LogP contribution in [0.15, 0.2) is 54.6 Å². The third-order valence-electron chi connectivity index (χ3n) is 4.95. The van der Waals surface area contributed by atoms with Crippen LogP contribution in [0.3, 0.4) is 0 Å². The second kappa shape index (κ2) is 9.39. The standard InChI is InChI=1S/C22H27NO3/c1-25-22(24)13-15-23-14-5-8-20(23)17-26-21-11-9-19(10-12-21)16-18-6-3-2-4-7-18/h2-4,6-7,9-12,20H,5,8,13-17H2,1H3/t20-/m0/s1. The van der Waals surface area contributed by atoms with E-state index in [1.807, 2.05) is 18.2 Å². The number of esters is 1. The lowest BCUT2D eigenvalue weighted by Crippen LogP contribution is -2.35. The number of benzene rings is 2. The number of methoxy groups -OCH3 is 1. The van der Waals surface area contributed by atoms with Crippen molar-refractivity contribution in [2.75, 3.05) is 26.8 Å². The van der Waals surface area contributed by atoms with Gasteiger partial charge in [-0.2, -0.15) is 0 Å². The molecule has 0 aliphatic carbocycles. The van der Waals surface area contributed by atoms with E-state index in [9.17, 15) is 4.79 Å². The average molecular weight is 353 g/mol. The number of hydrogen-bond donors (Lipinski definition) is 0. The highest BCUT2D eigenvalue weighted by Crippen LogP contribution is 2.20. The zero-order valence-electron chi connectivity index (χ0n) is 15.4. The minimum Gasteiger partial charge on any atom is -0.492 e. The molecule has 0 N–H and O–H groups in total. The van der Waals surface area contributed by atoms with Gasteiger partial charge in [0.15, 0.2) is 0 Å². The Hall–Kier alpha value is -2.33. The summed E-state index contributed by atoms with van der Waals surface area (Å²) in [6.45, 7) is 2.44. The van der Waals surface area contributed by atoms with Gasteiger partial charge in [0.05, 0.1) is 13.5 Å². The Morgan fingerprint density at radius 2 is 1.81 bits per heavy atom. The zero-order valence-corrected chi connectivity index (χ0v) is 15.4. The molecule has 0 aromatic heterocycles. The molecule has 26 heavy (non-hydrogen) atoms. The molecule has 2 aromatic rings. The number of carbonyl (C=O) groups excluding carboxylic acids is 1. The van der Waals surface area contributed by atoms with Crippen molar-refractivity contribution < 1.29 is 14.3 Å². The van der Waals surface area contributed by atoms with Crippen LogP contribution < -0.4 is 4.74 Å². The molecule has 1 aliphatic rings. The molecule has 1 aliphatic heterocycles. The molecule has 138 valence electrons. The highest BCUT2D eigenvalue weighted by Gasteiger charge is 2.25. The number of nitrogens with zero attached hydrogens (tertiary/aromatic N) is 1. The lowest BCUT2D eigenvalue weighted by molar-refractivity contribution is -0.141. The monoisotopic (exact) mass is 353 g/mol. The number of likely N-dealkylation sites (tertiary alicyclic amines) is 1. The number of rotatable bonds is 8. The van der Waals surface area contributed by atoms with Crippen molar-refractivity contribution in [3.63, 3.8) is 0 Å². The molecule has 3 rings (SSSR count). The van der Waals surface area contributed by atoms with Gasteiger partial charge in [0.1, 0.15) is 12.4 Å². The number of carbonyl (C=O) groups is 1. The molecule has 0 spiro atoms. The molecule has 0 unspecified atom stereocenters. The van der Waals surface area contributed by atoms with Gasteiger partial charge in [0.25, 0.3) is 0 Å². The van der Waals surface area contributed by atoms with E-state index in [1.54, 1.807) is 0 Å². The van der Waals surface area contributed by atoms with Crippen molar-refractivity contribution in [2.24, 2.45) is 0 Å². The van der Waals surface area contributed by atoms with Crippen LogP contribution in [0, 0.1) is 0 Å². The predicted molar refractivity (Wildman–Crippen MR) is 102 cm³/mol. The minimum atomic E-state index is -0.148. The molecule has 1 heterocycles. The van der Waals surface area contributed by atoms with E-state index in [-0.39, 0.29) is 5.97 Å². The normalized spacial score (nSPS) is 17.2. The molecule has 2 aromatic carbocycles. The fourth-order valence-electron chi connectivity index (χ4n) is 3.44. The SMILES string of the molecule is COC(=O)CCN1CCC[C@H]1COc1ccc(Cc2ccccc2)cc1. The quantitative estimate of drug-likeness (QED) is 0.679. The molecule has 0 amide bonds. The van der Waals surface area contributed by atoms with Crippen LogP contribution in [0.5, 0.6) is 5.75 Å². The van der Waals surface area contributed by atoms with Crippen LogP contribution in [0.4, 0.5) is 0 Å². The maximum absolute atomic E-state index is 11.3. The molecule has 0 saturated carbocycles. The van der Waals surface area contributed by atoms with Gasteiger partial charge >= 0.3 is 5.97 Å². The Morgan fingerprint density at radius 3 is 2.54 bits per heavy atom. The second-order valence-corrected chi connectivity index (χ2v) is 6.78. The number of ether oxygens (including phenoxy) is 2. The van der Waals surface area contributed by atoms with E-state index in [0.29, 0.717) is 19.1 Å². The summed E-state index contributed by atoms with van der Waals surface area (Å²) in [4.78, 5) is 13.7. The van der Waals surface area contributed by atoms with Gasteiger partial charge in [0.2, 0.25) is 0 Å². The topological polar surface area (TPSA) is 38.8 Å². The molecule has 1 atom stereocenters. The summed E-state index contributed by atoms with van der Waals surface area (Å²) in [5.41, 5.74) is 2.59. The van der Waals surface area contributed by atoms with Gasteiger partial charge in [-0.25, -0.2) is 0 Å². The lowest BCUT2D eigenvalue weighted by atomic mass is 10.1. The van der Waals surface area contributed by atoms with Gasteiger partial charge in [-0.05, 0) is 49.1 Å². The largest absolute Gasteiger partial charge is 0.492 e. The average Bonchev–Trinajstić information content (AvgIpc) is 3.14. The van der Waals surface area contributed by atoms with E-state index in [4.69, 9.17) is 9.47 Å². The first-order chi connectivity index (χ1) is 12.7. The van der Waals surface area contributed by atoms with Crippen LogP contribution in [-0.4, -0.2) is 43.7 Å². The summed E-state index contributed by atoms with van der Waals surface area (Å²) >= 11 is 0. The first-order valence-electron chi connectivity index (χ1n) is 9.31. The Labute approximate surface area is 155 Å². The molecule has 4 nitrogen and oxygen atoms in total. The van der Waals surface area contributed by atoms with Crippen LogP contribution in [0.1, 0.15) is 30.4 Å². The number of hydrogen-bond acceptors (Lipinski definition) is 4. The molecular formula is C22H27NO3. The van der Waals surface area contributed by atoms with Crippen molar-refractivity contribution in [3.05, 3.63) is 65.7 Å². The molecule has 1 fully saturated rings. The van der Waals surface area contributed by atoms with Crippen molar-refractivity contribution in [1.82, 2.24) is 4.90 Å². The summed E-state index contributed by atoms with van der Waals surface area (Å²) in [6, 6.07) is 19.2. The Morgan fingerprint density at radius 1 is 1.08 bits per heavy atom. The Bertz CT molecular complexity index is 684. The highest BCUT2D eigenvalue weighted by atomic mass is 16.5. The molecule has 4 heteroatoms. The van der Waals surface area contributed by atoms with E-state index < -0.39 is 0 Å². The Balaban J connectivity index is 1.47. The van der Waals surface area contributed by atoms with Gasteiger partial charge in [-0.1, -0.05) is 42.5 Å². The minimum absolute atomic E-state index is 0.148. The van der Waals surface area contributed by atoms with E-state index in [0.717, 1.165) is 38.1 Å². The van der Waals surface area contributed by atoms with Crippen molar-refractivity contribution >= 4 is 5.97 Å². The van der Waals surface area contributed by atoms with Gasteiger partial charge in [-0.3, -0.25) is 9.69 Å². The predicted octanol–water partition coefficient (Wildman–Crippen LogP) is 3.68. The van der Waals surface area contributed by atoms with Gasteiger partial charge in [-0.15, -0.1) is 0 Å². The molecule has 1 saturated heterocycles. The lowest BCUT2D eigenvalue weighted by Gasteiger charge is -2.24. The van der Waals surface area contributed by atoms with E-state index >= 15 is 0 Å². The first-order valence-corrected chi connectivity index (χ1v) is 9.31. The van der Waals surface area contributed by atoms with Crippen molar-refractivity contribution in [3.8, 4) is 5.75 Å². The fourth-order valence-corrected chi connectivity index (χ4v) is 3.44. The maximum Gasteiger partial charge on any atom is 0.306 e. The summed E-state index contributed by atoms with van der Waals surface area (Å²) in [5, 5.41) is 0. The Kier molecular flexibility index (Phi) is 6.67. The van der Waals surface area contributed by atoms with Gasteiger partial charge < -0.3 is 9.47 Å². The van der Waals surface area contributed by atoms with Crippen molar-refractivity contribution in [2.45, 2.75) is 31.7 Å². The molecule has 0 bridgehead atoms. The molecular weight excluding hydrogens is 326 g/mol. The van der Waals surface area contributed by atoms with E-state index in [1.165, 1.54) is 18.2 Å². The van der Waals surface area contributed by atoms with Crippen LogP contribution >= 0.6 is 0 Å². The van der Waals surface area contributed by atoms with Gasteiger partial charge in [0, 0.05) is 12.6 Å². The third-order valence-corrected chi connectivity index (χ3v) is 4.95. The van der Waals surface area contributed by atoms with Crippen LogP contribution in [0.2, 0.25) is 0 Å². The summed E-state index contributed by atoms with van der Waals surface area (Å²) in [5.74, 6) is 0.757. The third kappa shape index (κ3) is 5.33. The second-order valence-electron chi connectivity index (χ2n) is 6.78. The first kappa shape index (κ1) is 18.5. The van der Waals surface area contributed by atoms with E-state index in [2.05, 4.69) is 41.3 Å². The summed E-state index contributed by atoms with van der Waals surface area (Å²) in [6.07, 6.45) is 3.66. The maximum atomic E-state index is 11.3. The highest BCUT2D eigenvalue weighted by molar-refractivity contribution is 5.69. The smallest absolute Gasteiger partial charge is 0.306 e. The zero-order chi connectivity index (χ0) is 18.2. The van der Waals surface area contributed by atoms with Crippen LogP contribution in [-0.2, 0) is 16.0 Å². The van der Waals surface area contributed by atoms with Crippen LogP contribution in [0.25, 0.3) is 0 Å². The molecule has 0 radical (unpaired) electrons.